The third-order valence-corrected chi connectivity index (χ3v) is 3.45. The summed E-state index contributed by atoms with van der Waals surface area (Å²) in [6.45, 7) is 6.38. The summed E-state index contributed by atoms with van der Waals surface area (Å²) in [7, 11) is 0. The second-order valence-electron chi connectivity index (χ2n) is 5.62. The van der Waals surface area contributed by atoms with Crippen LogP contribution in [0.1, 0.15) is 37.8 Å². The van der Waals surface area contributed by atoms with Crippen LogP contribution in [0.2, 0.25) is 0 Å². The summed E-state index contributed by atoms with van der Waals surface area (Å²) < 4.78 is 0. The minimum atomic E-state index is 0. The Morgan fingerprint density at radius 3 is 1.52 bits per heavy atom. The minimum Gasteiger partial charge on any atom is -0.508 e. The predicted molar refractivity (Wildman–Crippen MR) is 108 cm³/mol. The number of rotatable bonds is 8. The highest BCUT2D eigenvalue weighted by Gasteiger charge is 2.11. The van der Waals surface area contributed by atoms with Crippen molar-refractivity contribution in [2.24, 2.45) is 11.5 Å². The summed E-state index contributed by atoms with van der Waals surface area (Å²) in [6, 6.07) is 5.30. The Morgan fingerprint density at radius 1 is 0.880 bits per heavy atom. The molecule has 0 bridgehead atoms. The lowest BCUT2D eigenvalue weighted by Crippen LogP contribution is -2.37. The van der Waals surface area contributed by atoms with E-state index in [0.29, 0.717) is 26.2 Å². The summed E-state index contributed by atoms with van der Waals surface area (Å²) in [5.74, 6) is 0.207. The Kier molecular flexibility index (Phi) is 12.7. The Morgan fingerprint density at radius 2 is 1.24 bits per heavy atom. The number of nitrogens with zero attached hydrogens (tertiary/aromatic N) is 2. The third kappa shape index (κ3) is 8.69. The van der Waals surface area contributed by atoms with Crippen molar-refractivity contribution in [2.75, 3.05) is 13.1 Å². The molecule has 0 aromatic heterocycles. The molecule has 9 heteroatoms. The van der Waals surface area contributed by atoms with Gasteiger partial charge in [-0.15, -0.1) is 24.8 Å². The molecule has 0 atom stereocenters. The maximum atomic E-state index is 9.95. The van der Waals surface area contributed by atoms with Gasteiger partial charge in [-0.25, -0.2) is 0 Å². The molecule has 7 N–H and O–H groups in total. The van der Waals surface area contributed by atoms with Crippen LogP contribution < -0.4 is 11.5 Å². The van der Waals surface area contributed by atoms with Crippen LogP contribution in [-0.2, 0) is 13.1 Å². The van der Waals surface area contributed by atoms with Gasteiger partial charge in [0.05, 0.1) is 0 Å². The van der Waals surface area contributed by atoms with Crippen LogP contribution in [0.15, 0.2) is 18.2 Å². The van der Waals surface area contributed by atoms with Gasteiger partial charge in [0, 0.05) is 26.2 Å². The summed E-state index contributed by atoms with van der Waals surface area (Å²) >= 11 is 0. The summed E-state index contributed by atoms with van der Waals surface area (Å²) in [4.78, 5) is 3.51. The highest BCUT2D eigenvalue weighted by Crippen LogP contribution is 2.19. The van der Waals surface area contributed by atoms with Crippen LogP contribution in [-0.4, -0.2) is 39.9 Å². The maximum Gasteiger partial charge on any atom is 0.188 e. The molecular formula is C16H30Cl2N6O. The molecule has 144 valence electrons. The highest BCUT2D eigenvalue weighted by atomic mass is 35.5. The van der Waals surface area contributed by atoms with Gasteiger partial charge in [0.1, 0.15) is 5.75 Å². The molecule has 0 amide bonds. The van der Waals surface area contributed by atoms with Crippen molar-refractivity contribution >= 4 is 36.7 Å². The number of hydrogen-bond acceptors (Lipinski definition) is 3. The lowest BCUT2D eigenvalue weighted by atomic mass is 10.1. The van der Waals surface area contributed by atoms with E-state index < -0.39 is 0 Å². The molecule has 0 fully saturated rings. The van der Waals surface area contributed by atoms with Gasteiger partial charge in [-0.2, -0.15) is 0 Å². The number of phenols is 1. The molecule has 1 aromatic rings. The number of phenolic OH excluding ortho intramolecular Hbond substituents is 1. The van der Waals surface area contributed by atoms with Gasteiger partial charge in [0.15, 0.2) is 11.9 Å². The Balaban J connectivity index is 0. The SMILES string of the molecule is CCCN(Cc1cc(O)cc(CN(CCC)C(=N)N)c1)C(=N)N.Cl.Cl. The quantitative estimate of drug-likeness (QED) is 0.343. The first-order chi connectivity index (χ1) is 10.9. The number of aromatic hydroxyl groups is 1. The zero-order valence-corrected chi connectivity index (χ0v) is 16.4. The van der Waals surface area contributed by atoms with E-state index in [4.69, 9.17) is 22.3 Å². The first-order valence-corrected chi connectivity index (χ1v) is 7.87. The number of nitrogens with two attached hydrogens (primary N) is 2. The summed E-state index contributed by atoms with van der Waals surface area (Å²) in [5, 5.41) is 25.2. The molecule has 0 aliphatic heterocycles. The fourth-order valence-corrected chi connectivity index (χ4v) is 2.48. The molecule has 7 nitrogen and oxygen atoms in total. The smallest absolute Gasteiger partial charge is 0.188 e. The predicted octanol–water partition coefficient (Wildman–Crippen LogP) is 2.45. The van der Waals surface area contributed by atoms with Gasteiger partial charge in [-0.05, 0) is 36.1 Å². The number of benzene rings is 1. The third-order valence-electron chi connectivity index (χ3n) is 3.45. The van der Waals surface area contributed by atoms with Gasteiger partial charge >= 0.3 is 0 Å². The van der Waals surface area contributed by atoms with E-state index in [9.17, 15) is 5.11 Å². The minimum absolute atomic E-state index is 0. The second-order valence-corrected chi connectivity index (χ2v) is 5.62. The molecular weight excluding hydrogens is 363 g/mol. The molecule has 1 aromatic carbocycles. The molecule has 0 aliphatic carbocycles. The Labute approximate surface area is 162 Å². The van der Waals surface area contributed by atoms with Crippen molar-refractivity contribution in [3.05, 3.63) is 29.3 Å². The molecule has 1 rings (SSSR count). The van der Waals surface area contributed by atoms with Crippen molar-refractivity contribution < 1.29 is 5.11 Å². The van der Waals surface area contributed by atoms with Gasteiger partial charge in [0.25, 0.3) is 0 Å². The average molecular weight is 393 g/mol. The second kappa shape index (κ2) is 12.5. The van der Waals surface area contributed by atoms with Crippen molar-refractivity contribution in [2.45, 2.75) is 39.8 Å². The van der Waals surface area contributed by atoms with E-state index >= 15 is 0 Å². The summed E-state index contributed by atoms with van der Waals surface area (Å²) in [6.07, 6.45) is 1.78. The number of halogens is 2. The number of nitrogens with one attached hydrogen (secondary N) is 2. The van der Waals surface area contributed by atoms with Crippen LogP contribution in [0.5, 0.6) is 5.75 Å². The fraction of sp³-hybridized carbons (Fsp3) is 0.500. The topological polar surface area (TPSA) is 126 Å². The normalized spacial score (nSPS) is 9.52. The van der Waals surface area contributed by atoms with Crippen LogP contribution in [0.25, 0.3) is 0 Å². The number of hydrogen-bond donors (Lipinski definition) is 5. The first kappa shape index (κ1) is 25.4. The molecule has 0 aliphatic rings. The molecule has 0 spiro atoms. The van der Waals surface area contributed by atoms with E-state index in [2.05, 4.69) is 0 Å². The van der Waals surface area contributed by atoms with Gasteiger partial charge in [-0.3, -0.25) is 10.8 Å². The van der Waals surface area contributed by atoms with Gasteiger partial charge in [-0.1, -0.05) is 19.9 Å². The molecule has 0 saturated carbocycles. The van der Waals surface area contributed by atoms with Crippen molar-refractivity contribution in [3.63, 3.8) is 0 Å². The van der Waals surface area contributed by atoms with Gasteiger partial charge in [0.2, 0.25) is 0 Å². The van der Waals surface area contributed by atoms with Crippen LogP contribution in [0, 0.1) is 10.8 Å². The monoisotopic (exact) mass is 392 g/mol. The Bertz CT molecular complexity index is 511. The fourth-order valence-electron chi connectivity index (χ4n) is 2.48. The lowest BCUT2D eigenvalue weighted by Gasteiger charge is -2.24. The molecule has 0 radical (unpaired) electrons. The van der Waals surface area contributed by atoms with Crippen LogP contribution in [0.4, 0.5) is 0 Å². The summed E-state index contributed by atoms with van der Waals surface area (Å²) in [5.41, 5.74) is 13.0. The van der Waals surface area contributed by atoms with E-state index in [1.165, 1.54) is 0 Å². The van der Waals surface area contributed by atoms with Crippen LogP contribution in [0.3, 0.4) is 0 Å². The Hall–Kier alpha value is -1.86. The average Bonchev–Trinajstić information content (AvgIpc) is 2.45. The highest BCUT2D eigenvalue weighted by molar-refractivity contribution is 5.85. The zero-order chi connectivity index (χ0) is 17.4. The molecule has 25 heavy (non-hydrogen) atoms. The van der Waals surface area contributed by atoms with E-state index in [-0.39, 0.29) is 42.5 Å². The lowest BCUT2D eigenvalue weighted by molar-refractivity contribution is 0.395. The van der Waals surface area contributed by atoms with Gasteiger partial charge < -0.3 is 26.4 Å². The van der Waals surface area contributed by atoms with Crippen LogP contribution >= 0.6 is 24.8 Å². The van der Waals surface area contributed by atoms with E-state index in [0.717, 1.165) is 24.0 Å². The van der Waals surface area contributed by atoms with E-state index in [1.807, 2.05) is 19.9 Å². The molecule has 0 unspecified atom stereocenters. The number of guanidine groups is 2. The molecule has 0 saturated heterocycles. The van der Waals surface area contributed by atoms with E-state index in [1.54, 1.807) is 21.9 Å². The first-order valence-electron chi connectivity index (χ1n) is 7.87. The van der Waals surface area contributed by atoms with Crippen molar-refractivity contribution in [3.8, 4) is 5.75 Å². The zero-order valence-electron chi connectivity index (χ0n) is 14.8. The molecule has 0 heterocycles. The largest absolute Gasteiger partial charge is 0.508 e. The maximum absolute atomic E-state index is 9.95. The standard InChI is InChI=1S/C16H28N6O.2ClH/c1-3-5-21(15(17)18)10-12-7-13(9-14(23)8-12)11-22(6-4-2)16(19)20;;/h7-9,23H,3-6,10-11H2,1-2H3,(H3,17,18)(H3,19,20);2*1H. The van der Waals surface area contributed by atoms with Crippen molar-refractivity contribution in [1.82, 2.24) is 9.80 Å². The van der Waals surface area contributed by atoms with Crippen molar-refractivity contribution in [1.29, 1.82) is 10.8 Å².